The Balaban J connectivity index is 1.54. The predicted octanol–water partition coefficient (Wildman–Crippen LogP) is 5.35. The van der Waals surface area contributed by atoms with Crippen LogP contribution >= 0.6 is 0 Å². The molecule has 4 fully saturated rings. The molecule has 0 aliphatic heterocycles. The molecule has 0 aromatic heterocycles. The number of aldehydes is 1. The van der Waals surface area contributed by atoms with Gasteiger partial charge in [0.05, 0.1) is 12.2 Å². The van der Waals surface area contributed by atoms with Gasteiger partial charge in [0, 0.05) is 18.5 Å². The first-order valence-corrected chi connectivity index (χ1v) is 14.3. The van der Waals surface area contributed by atoms with Crippen molar-refractivity contribution in [2.45, 2.75) is 130 Å². The van der Waals surface area contributed by atoms with Crippen molar-refractivity contribution in [2.75, 3.05) is 0 Å². The van der Waals surface area contributed by atoms with E-state index >= 15 is 0 Å². The zero-order chi connectivity index (χ0) is 24.0. The van der Waals surface area contributed by atoms with Crippen LogP contribution in [0.1, 0.15) is 105 Å². The number of hydrogen-bond donors (Lipinski definition) is 3. The van der Waals surface area contributed by atoms with Crippen molar-refractivity contribution < 1.29 is 15.0 Å². The van der Waals surface area contributed by atoms with Gasteiger partial charge in [0.1, 0.15) is 6.29 Å². The molecule has 11 unspecified atom stereocenters. The molecule has 4 aliphatic carbocycles. The highest BCUT2D eigenvalue weighted by Crippen LogP contribution is 2.68. The zero-order valence-corrected chi connectivity index (χ0v) is 21.9. The Hall–Kier alpha value is -0.450. The summed E-state index contributed by atoms with van der Waals surface area (Å²) in [6.45, 7) is 11.7. The zero-order valence-electron chi connectivity index (χ0n) is 21.9. The monoisotopic (exact) mass is 461 g/mol. The van der Waals surface area contributed by atoms with Gasteiger partial charge in [-0.1, -0.05) is 34.6 Å². The Labute approximate surface area is 202 Å². The van der Waals surface area contributed by atoms with Crippen LogP contribution in [-0.4, -0.2) is 40.8 Å². The largest absolute Gasteiger partial charge is 0.393 e. The molecule has 0 amide bonds. The first-order valence-electron chi connectivity index (χ1n) is 14.3. The van der Waals surface area contributed by atoms with E-state index in [1.807, 2.05) is 0 Å². The summed E-state index contributed by atoms with van der Waals surface area (Å²) < 4.78 is 0. The number of aliphatic hydroxyl groups excluding tert-OH is 2. The van der Waals surface area contributed by atoms with Gasteiger partial charge in [0.15, 0.2) is 0 Å². The lowest BCUT2D eigenvalue weighted by atomic mass is 9.43. The van der Waals surface area contributed by atoms with Crippen LogP contribution in [0.3, 0.4) is 0 Å². The fraction of sp³-hybridized carbons (Fsp3) is 0.966. The Morgan fingerprint density at radius 2 is 1.76 bits per heavy atom. The third-order valence-electron chi connectivity index (χ3n) is 11.7. The van der Waals surface area contributed by atoms with Crippen LogP contribution < -0.4 is 5.32 Å². The molecule has 0 spiro atoms. The van der Waals surface area contributed by atoms with Gasteiger partial charge in [-0.15, -0.1) is 0 Å². The third kappa shape index (κ3) is 4.25. The lowest BCUT2D eigenvalue weighted by molar-refractivity contribution is -0.202. The predicted molar refractivity (Wildman–Crippen MR) is 134 cm³/mol. The summed E-state index contributed by atoms with van der Waals surface area (Å²) >= 11 is 0. The van der Waals surface area contributed by atoms with E-state index in [4.69, 9.17) is 0 Å². The van der Waals surface area contributed by atoms with E-state index in [-0.39, 0.29) is 23.0 Å². The maximum absolute atomic E-state index is 11.7. The van der Waals surface area contributed by atoms with Crippen molar-refractivity contribution in [3.8, 4) is 0 Å². The summed E-state index contributed by atoms with van der Waals surface area (Å²) in [6, 6.07) is 1.18. The quantitative estimate of drug-likeness (QED) is 0.426. The molecular weight excluding hydrogens is 410 g/mol. The van der Waals surface area contributed by atoms with Crippen LogP contribution in [0.2, 0.25) is 0 Å². The van der Waals surface area contributed by atoms with Crippen LogP contribution in [0.25, 0.3) is 0 Å². The smallest absolute Gasteiger partial charge is 0.120 e. The van der Waals surface area contributed by atoms with E-state index in [0.29, 0.717) is 54.0 Å². The van der Waals surface area contributed by atoms with Gasteiger partial charge in [-0.3, -0.25) is 0 Å². The summed E-state index contributed by atoms with van der Waals surface area (Å²) in [5.74, 6) is 2.62. The highest BCUT2D eigenvalue weighted by atomic mass is 16.3. The van der Waals surface area contributed by atoms with E-state index in [2.05, 4.69) is 39.9 Å². The van der Waals surface area contributed by atoms with Gasteiger partial charge in [0.2, 0.25) is 0 Å². The highest BCUT2D eigenvalue weighted by Gasteiger charge is 2.65. The molecular formula is C29H51NO3. The summed E-state index contributed by atoms with van der Waals surface area (Å²) in [4.78, 5) is 11.0. The van der Waals surface area contributed by atoms with E-state index in [1.54, 1.807) is 0 Å². The Bertz CT molecular complexity index is 680. The van der Waals surface area contributed by atoms with E-state index in [1.165, 1.54) is 32.1 Å². The van der Waals surface area contributed by atoms with Crippen molar-refractivity contribution in [3.63, 3.8) is 0 Å². The Kier molecular flexibility index (Phi) is 7.69. The van der Waals surface area contributed by atoms with Crippen molar-refractivity contribution in [2.24, 2.45) is 46.3 Å². The fourth-order valence-electron chi connectivity index (χ4n) is 9.70. The Morgan fingerprint density at radius 3 is 2.42 bits per heavy atom. The SMILES string of the molecule is CCC(CC)NC1CCC2(C)C(C1)CC(O)C1C2CC(O)C2(C)C(C(C)CCC=O)CCC12. The number of aliphatic hydroxyl groups is 2. The molecule has 0 saturated heterocycles. The number of hydrogen-bond acceptors (Lipinski definition) is 4. The highest BCUT2D eigenvalue weighted by molar-refractivity contribution is 5.49. The number of nitrogens with one attached hydrogen (secondary N) is 1. The molecule has 0 aromatic carbocycles. The molecule has 4 aliphatic rings. The number of rotatable bonds is 8. The van der Waals surface area contributed by atoms with Crippen molar-refractivity contribution in [1.29, 1.82) is 0 Å². The second-order valence-electron chi connectivity index (χ2n) is 13.0. The average Bonchev–Trinajstić information content (AvgIpc) is 3.15. The third-order valence-corrected chi connectivity index (χ3v) is 11.7. The molecule has 0 aromatic rings. The van der Waals surface area contributed by atoms with Gasteiger partial charge in [0.25, 0.3) is 0 Å². The minimum atomic E-state index is -0.293. The molecule has 33 heavy (non-hydrogen) atoms. The summed E-state index contributed by atoms with van der Waals surface area (Å²) in [7, 11) is 0. The lowest BCUT2D eigenvalue weighted by Gasteiger charge is -2.64. The molecule has 0 radical (unpaired) electrons. The van der Waals surface area contributed by atoms with Gasteiger partial charge >= 0.3 is 0 Å². The first kappa shape index (κ1) is 25.6. The van der Waals surface area contributed by atoms with Crippen molar-refractivity contribution in [3.05, 3.63) is 0 Å². The molecule has 0 bridgehead atoms. The summed E-state index contributed by atoms with van der Waals surface area (Å²) in [5.41, 5.74) is 0.113. The second kappa shape index (κ2) is 9.90. The van der Waals surface area contributed by atoms with E-state index < -0.39 is 0 Å². The standard InChI is InChI=1S/C29H51NO3/c1-6-20(7-2)30-21-12-13-28(4)19(15-21)16-25(32)27-23-11-10-22(18(3)9-8-14-31)29(23,5)26(33)17-24(27)28/h14,18-27,30,32-33H,6-13,15-17H2,1-5H3. The van der Waals surface area contributed by atoms with E-state index in [9.17, 15) is 15.0 Å². The molecule has 4 saturated carbocycles. The lowest BCUT2D eigenvalue weighted by Crippen LogP contribution is -2.63. The normalized spacial score (nSPS) is 48.1. The van der Waals surface area contributed by atoms with Gasteiger partial charge in [-0.25, -0.2) is 0 Å². The molecule has 190 valence electrons. The molecule has 3 N–H and O–H groups in total. The molecule has 4 nitrogen and oxygen atoms in total. The van der Waals surface area contributed by atoms with Gasteiger partial charge in [-0.05, 0) is 111 Å². The minimum absolute atomic E-state index is 0.123. The first-order chi connectivity index (χ1) is 15.7. The summed E-state index contributed by atoms with van der Waals surface area (Å²) in [5, 5.41) is 27.2. The molecule has 0 heterocycles. The second-order valence-corrected chi connectivity index (χ2v) is 13.0. The number of carbonyl (C=O) groups is 1. The van der Waals surface area contributed by atoms with Gasteiger partial charge < -0.3 is 20.3 Å². The van der Waals surface area contributed by atoms with E-state index in [0.717, 1.165) is 38.4 Å². The number of carbonyl (C=O) groups excluding carboxylic acids is 1. The average molecular weight is 462 g/mol. The summed E-state index contributed by atoms with van der Waals surface area (Å²) in [6.07, 6.45) is 12.1. The topological polar surface area (TPSA) is 69.6 Å². The van der Waals surface area contributed by atoms with Crippen LogP contribution in [0.15, 0.2) is 0 Å². The maximum atomic E-state index is 11.7. The maximum Gasteiger partial charge on any atom is 0.120 e. The molecule has 4 rings (SSSR count). The van der Waals surface area contributed by atoms with Crippen LogP contribution in [0.4, 0.5) is 0 Å². The molecule has 11 atom stereocenters. The fourth-order valence-corrected chi connectivity index (χ4v) is 9.70. The van der Waals surface area contributed by atoms with Crippen LogP contribution in [0, 0.1) is 46.3 Å². The Morgan fingerprint density at radius 1 is 1.03 bits per heavy atom. The van der Waals surface area contributed by atoms with Crippen molar-refractivity contribution in [1.82, 2.24) is 5.32 Å². The minimum Gasteiger partial charge on any atom is -0.393 e. The van der Waals surface area contributed by atoms with Crippen LogP contribution in [-0.2, 0) is 4.79 Å². The molecule has 4 heteroatoms. The number of fused-ring (bicyclic) bond motifs is 5. The van der Waals surface area contributed by atoms with Crippen LogP contribution in [0.5, 0.6) is 0 Å². The van der Waals surface area contributed by atoms with Crippen molar-refractivity contribution >= 4 is 6.29 Å². The van der Waals surface area contributed by atoms with Gasteiger partial charge in [-0.2, -0.15) is 0 Å².